The van der Waals surface area contributed by atoms with Crippen molar-refractivity contribution in [2.24, 2.45) is 5.92 Å². The lowest BCUT2D eigenvalue weighted by molar-refractivity contribution is -0.138. The SMILES string of the molecule is COc1cc(CN(CC(=O)O)CC2CC2)ccc1O. The largest absolute Gasteiger partial charge is 0.504 e. The van der Waals surface area contributed by atoms with Gasteiger partial charge in [-0.2, -0.15) is 0 Å². The van der Waals surface area contributed by atoms with Crippen LogP contribution in [0.15, 0.2) is 18.2 Å². The molecule has 1 fully saturated rings. The summed E-state index contributed by atoms with van der Waals surface area (Å²) in [6.07, 6.45) is 2.38. The lowest BCUT2D eigenvalue weighted by Gasteiger charge is -2.20. The number of hydrogen-bond acceptors (Lipinski definition) is 4. The van der Waals surface area contributed by atoms with Gasteiger partial charge >= 0.3 is 5.97 Å². The molecule has 0 aromatic heterocycles. The van der Waals surface area contributed by atoms with Gasteiger partial charge in [-0.1, -0.05) is 6.07 Å². The minimum atomic E-state index is -0.814. The van der Waals surface area contributed by atoms with Crippen molar-refractivity contribution >= 4 is 5.97 Å². The van der Waals surface area contributed by atoms with E-state index >= 15 is 0 Å². The van der Waals surface area contributed by atoms with Gasteiger partial charge in [0.25, 0.3) is 0 Å². The minimum Gasteiger partial charge on any atom is -0.504 e. The Labute approximate surface area is 112 Å². The van der Waals surface area contributed by atoms with E-state index in [0.29, 0.717) is 18.2 Å². The summed E-state index contributed by atoms with van der Waals surface area (Å²) in [4.78, 5) is 12.8. The van der Waals surface area contributed by atoms with E-state index in [1.807, 2.05) is 4.90 Å². The molecule has 2 N–H and O–H groups in total. The van der Waals surface area contributed by atoms with E-state index in [-0.39, 0.29) is 12.3 Å². The lowest BCUT2D eigenvalue weighted by Crippen LogP contribution is -2.31. The molecule has 0 bridgehead atoms. The molecule has 0 radical (unpaired) electrons. The molecule has 0 atom stereocenters. The van der Waals surface area contributed by atoms with Crippen LogP contribution >= 0.6 is 0 Å². The normalized spacial score (nSPS) is 14.6. The summed E-state index contributed by atoms with van der Waals surface area (Å²) in [5, 5.41) is 18.5. The van der Waals surface area contributed by atoms with Gasteiger partial charge < -0.3 is 14.9 Å². The molecule has 1 aromatic carbocycles. The Hall–Kier alpha value is -1.75. The monoisotopic (exact) mass is 265 g/mol. The first-order valence-corrected chi connectivity index (χ1v) is 6.38. The third kappa shape index (κ3) is 4.13. The Kier molecular flexibility index (Phi) is 4.27. The van der Waals surface area contributed by atoms with Crippen molar-refractivity contribution in [3.63, 3.8) is 0 Å². The van der Waals surface area contributed by atoms with Crippen LogP contribution in [0.25, 0.3) is 0 Å². The first-order chi connectivity index (χ1) is 9.08. The van der Waals surface area contributed by atoms with Gasteiger partial charge in [-0.05, 0) is 36.5 Å². The fourth-order valence-electron chi connectivity index (χ4n) is 2.12. The molecule has 2 rings (SSSR count). The standard InChI is InChI=1S/C14H19NO4/c1-19-13-6-11(4-5-12(13)16)8-15(9-14(17)18)7-10-2-3-10/h4-6,10,16H,2-3,7-9H2,1H3,(H,17,18). The van der Waals surface area contributed by atoms with Crippen LogP contribution in [0, 0.1) is 5.92 Å². The van der Waals surface area contributed by atoms with Crippen molar-refractivity contribution in [3.05, 3.63) is 23.8 Å². The molecule has 1 saturated carbocycles. The Morgan fingerprint density at radius 1 is 1.47 bits per heavy atom. The highest BCUT2D eigenvalue weighted by molar-refractivity contribution is 5.69. The quantitative estimate of drug-likeness (QED) is 0.785. The Bertz CT molecular complexity index is 457. The van der Waals surface area contributed by atoms with Crippen molar-refractivity contribution in [1.29, 1.82) is 0 Å². The smallest absolute Gasteiger partial charge is 0.317 e. The molecule has 0 aliphatic heterocycles. The average molecular weight is 265 g/mol. The number of aromatic hydroxyl groups is 1. The van der Waals surface area contributed by atoms with Crippen LogP contribution in [0.3, 0.4) is 0 Å². The summed E-state index contributed by atoms with van der Waals surface area (Å²) in [7, 11) is 1.50. The number of nitrogens with zero attached hydrogens (tertiary/aromatic N) is 1. The first kappa shape index (κ1) is 13.7. The molecule has 0 unspecified atom stereocenters. The molecule has 1 aliphatic rings. The molecule has 5 heteroatoms. The highest BCUT2D eigenvalue weighted by Gasteiger charge is 2.25. The summed E-state index contributed by atoms with van der Waals surface area (Å²) in [5.74, 6) is 0.335. The molecule has 1 aromatic rings. The lowest BCUT2D eigenvalue weighted by atomic mass is 10.2. The molecule has 0 saturated heterocycles. The Morgan fingerprint density at radius 2 is 2.21 bits per heavy atom. The number of carboxylic acid groups (broad SMARTS) is 1. The van der Waals surface area contributed by atoms with Crippen molar-refractivity contribution < 1.29 is 19.7 Å². The van der Waals surface area contributed by atoms with E-state index in [9.17, 15) is 9.90 Å². The van der Waals surface area contributed by atoms with Crippen molar-refractivity contribution in [1.82, 2.24) is 4.90 Å². The fourth-order valence-corrected chi connectivity index (χ4v) is 2.12. The fraction of sp³-hybridized carbons (Fsp3) is 0.500. The molecule has 0 heterocycles. The van der Waals surface area contributed by atoms with Gasteiger partial charge in [-0.3, -0.25) is 9.69 Å². The third-order valence-corrected chi connectivity index (χ3v) is 3.22. The maximum atomic E-state index is 10.9. The van der Waals surface area contributed by atoms with Gasteiger partial charge in [0.15, 0.2) is 11.5 Å². The second kappa shape index (κ2) is 5.93. The number of benzene rings is 1. The van der Waals surface area contributed by atoms with Crippen LogP contribution < -0.4 is 4.74 Å². The molecule has 19 heavy (non-hydrogen) atoms. The molecule has 5 nitrogen and oxygen atoms in total. The second-order valence-corrected chi connectivity index (χ2v) is 5.01. The van der Waals surface area contributed by atoms with E-state index in [0.717, 1.165) is 12.1 Å². The van der Waals surface area contributed by atoms with Crippen molar-refractivity contribution in [2.75, 3.05) is 20.2 Å². The zero-order chi connectivity index (χ0) is 13.8. The first-order valence-electron chi connectivity index (χ1n) is 6.38. The zero-order valence-corrected chi connectivity index (χ0v) is 11.0. The van der Waals surface area contributed by atoms with Crippen LogP contribution in [0.2, 0.25) is 0 Å². The number of phenols is 1. The van der Waals surface area contributed by atoms with E-state index in [4.69, 9.17) is 9.84 Å². The molecule has 0 spiro atoms. The number of methoxy groups -OCH3 is 1. The van der Waals surface area contributed by atoms with Gasteiger partial charge in [-0.25, -0.2) is 0 Å². The molecule has 0 amide bonds. The van der Waals surface area contributed by atoms with Crippen LogP contribution in [0.5, 0.6) is 11.5 Å². The number of hydrogen-bond donors (Lipinski definition) is 2. The number of ether oxygens (including phenoxy) is 1. The molecular formula is C14H19NO4. The molecule has 1 aliphatic carbocycles. The van der Waals surface area contributed by atoms with Crippen molar-refractivity contribution in [3.8, 4) is 11.5 Å². The van der Waals surface area contributed by atoms with Crippen LogP contribution in [0.1, 0.15) is 18.4 Å². The maximum Gasteiger partial charge on any atom is 0.317 e. The summed E-state index contributed by atoms with van der Waals surface area (Å²) in [6.45, 7) is 1.41. The predicted octanol–water partition coefficient (Wildman–Crippen LogP) is 1.70. The molecule has 104 valence electrons. The number of phenolic OH excluding ortho intramolecular Hbond substituents is 1. The van der Waals surface area contributed by atoms with Crippen LogP contribution in [0.4, 0.5) is 0 Å². The Morgan fingerprint density at radius 3 is 2.79 bits per heavy atom. The highest BCUT2D eigenvalue weighted by Crippen LogP contribution is 2.31. The number of aliphatic carboxylic acids is 1. The minimum absolute atomic E-state index is 0.0414. The average Bonchev–Trinajstić information content (AvgIpc) is 3.14. The maximum absolute atomic E-state index is 10.9. The predicted molar refractivity (Wildman–Crippen MR) is 70.3 cm³/mol. The Balaban J connectivity index is 2.04. The van der Waals surface area contributed by atoms with E-state index in [1.54, 1.807) is 18.2 Å². The van der Waals surface area contributed by atoms with Gasteiger partial charge in [0, 0.05) is 13.1 Å². The second-order valence-electron chi connectivity index (χ2n) is 5.01. The van der Waals surface area contributed by atoms with Crippen molar-refractivity contribution in [2.45, 2.75) is 19.4 Å². The van der Waals surface area contributed by atoms with Crippen LogP contribution in [-0.4, -0.2) is 41.3 Å². The summed E-state index contributed by atoms with van der Waals surface area (Å²) in [5.41, 5.74) is 0.941. The van der Waals surface area contributed by atoms with Gasteiger partial charge in [0.05, 0.1) is 13.7 Å². The summed E-state index contributed by atoms with van der Waals surface area (Å²) >= 11 is 0. The third-order valence-electron chi connectivity index (χ3n) is 3.22. The van der Waals surface area contributed by atoms with Gasteiger partial charge in [-0.15, -0.1) is 0 Å². The number of carboxylic acids is 1. The van der Waals surface area contributed by atoms with Gasteiger partial charge in [0.2, 0.25) is 0 Å². The zero-order valence-electron chi connectivity index (χ0n) is 11.0. The van der Waals surface area contributed by atoms with E-state index in [1.165, 1.54) is 20.0 Å². The van der Waals surface area contributed by atoms with E-state index < -0.39 is 5.97 Å². The molecular weight excluding hydrogens is 246 g/mol. The number of rotatable bonds is 7. The van der Waals surface area contributed by atoms with E-state index in [2.05, 4.69) is 0 Å². The van der Waals surface area contributed by atoms with Crippen LogP contribution in [-0.2, 0) is 11.3 Å². The van der Waals surface area contributed by atoms with Gasteiger partial charge in [0.1, 0.15) is 0 Å². The highest BCUT2D eigenvalue weighted by atomic mass is 16.5. The summed E-state index contributed by atoms with van der Waals surface area (Å²) in [6, 6.07) is 5.11. The number of carbonyl (C=O) groups is 1. The topological polar surface area (TPSA) is 70.0 Å². The summed E-state index contributed by atoms with van der Waals surface area (Å²) < 4.78 is 5.06.